The lowest BCUT2D eigenvalue weighted by Gasteiger charge is -2.18. The highest BCUT2D eigenvalue weighted by Crippen LogP contribution is 2.23. The van der Waals surface area contributed by atoms with E-state index in [0.29, 0.717) is 10.7 Å². The number of ether oxygens (including phenoxy) is 1. The van der Waals surface area contributed by atoms with Crippen LogP contribution in [0.1, 0.15) is 10.5 Å². The van der Waals surface area contributed by atoms with Crippen LogP contribution in [0, 0.1) is 0 Å². The van der Waals surface area contributed by atoms with E-state index in [9.17, 15) is 13.2 Å². The van der Waals surface area contributed by atoms with Gasteiger partial charge in [-0.25, -0.2) is 8.42 Å². The summed E-state index contributed by atoms with van der Waals surface area (Å²) in [5.41, 5.74) is 1.28. The molecule has 23 heavy (non-hydrogen) atoms. The van der Waals surface area contributed by atoms with Crippen LogP contribution in [0.15, 0.2) is 24.3 Å². The Balaban J connectivity index is 1.88. The molecular formula is C15H17ClN2O4S. The van der Waals surface area contributed by atoms with Crippen molar-refractivity contribution in [3.8, 4) is 0 Å². The molecule has 0 radical (unpaired) electrons. The summed E-state index contributed by atoms with van der Waals surface area (Å²) in [4.78, 5) is 12.5. The van der Waals surface area contributed by atoms with Gasteiger partial charge in [0.1, 0.15) is 5.69 Å². The molecule has 6 nitrogen and oxygen atoms in total. The summed E-state index contributed by atoms with van der Waals surface area (Å²) in [5, 5.41) is 4.25. The predicted molar refractivity (Wildman–Crippen MR) is 88.6 cm³/mol. The Hall–Kier alpha value is -1.57. The number of carbonyl (C=O) groups excluding carboxylic acids is 1. The number of nitrogens with one attached hydrogen (secondary N) is 1. The van der Waals surface area contributed by atoms with Gasteiger partial charge in [-0.1, -0.05) is 17.7 Å². The number of aryl methyl sites for hydroxylation is 1. The van der Waals surface area contributed by atoms with Crippen LogP contribution in [0.3, 0.4) is 0 Å². The highest BCUT2D eigenvalue weighted by Gasteiger charge is 2.39. The van der Waals surface area contributed by atoms with E-state index in [1.54, 1.807) is 29.8 Å². The minimum absolute atomic E-state index is 0.0703. The van der Waals surface area contributed by atoms with E-state index in [2.05, 4.69) is 5.32 Å². The van der Waals surface area contributed by atoms with Crippen LogP contribution in [0.4, 0.5) is 0 Å². The van der Waals surface area contributed by atoms with Gasteiger partial charge in [0.2, 0.25) is 0 Å². The second-order valence-corrected chi connectivity index (χ2v) is 8.31. The lowest BCUT2D eigenvalue weighted by atomic mass is 10.2. The van der Waals surface area contributed by atoms with Crippen molar-refractivity contribution in [1.82, 2.24) is 9.88 Å². The second kappa shape index (κ2) is 5.81. The molecule has 0 aliphatic carbocycles. The molecule has 1 saturated heterocycles. The standard InChI is InChI=1S/C15H17ClN2O4S/c1-18-12-6-10(16)4-3-9(12)5-13(18)15(19)17-11-7-23(20,21)8-14(11)22-2/h3-6,11,14H,7-8H2,1-2H3,(H,17,19)/t11-,14-/m1/s1. The Bertz CT molecular complexity index is 875. The third-order valence-electron chi connectivity index (χ3n) is 4.16. The summed E-state index contributed by atoms with van der Waals surface area (Å²) in [5.74, 6) is -0.504. The topological polar surface area (TPSA) is 77.4 Å². The molecule has 1 amide bonds. The first-order valence-corrected chi connectivity index (χ1v) is 9.30. The van der Waals surface area contributed by atoms with Crippen molar-refractivity contribution in [2.45, 2.75) is 12.1 Å². The number of hydrogen-bond acceptors (Lipinski definition) is 4. The highest BCUT2D eigenvalue weighted by molar-refractivity contribution is 7.91. The molecule has 8 heteroatoms. The van der Waals surface area contributed by atoms with E-state index < -0.39 is 22.0 Å². The maximum atomic E-state index is 12.5. The Kier molecular flexibility index (Phi) is 4.12. The van der Waals surface area contributed by atoms with Crippen molar-refractivity contribution in [3.63, 3.8) is 0 Å². The number of benzene rings is 1. The van der Waals surface area contributed by atoms with E-state index in [-0.39, 0.29) is 17.4 Å². The quantitative estimate of drug-likeness (QED) is 0.901. The lowest BCUT2D eigenvalue weighted by molar-refractivity contribution is 0.0780. The average Bonchev–Trinajstić information content (AvgIpc) is 2.96. The molecule has 2 heterocycles. The molecule has 0 unspecified atom stereocenters. The zero-order valence-electron chi connectivity index (χ0n) is 12.7. The molecule has 3 rings (SSSR count). The van der Waals surface area contributed by atoms with Gasteiger partial charge in [0.15, 0.2) is 9.84 Å². The normalized spacial score (nSPS) is 23.3. The summed E-state index contributed by atoms with van der Waals surface area (Å²) in [7, 11) is 0.0296. The number of amides is 1. The Morgan fingerprint density at radius 1 is 1.35 bits per heavy atom. The minimum atomic E-state index is -3.19. The van der Waals surface area contributed by atoms with Crippen molar-refractivity contribution >= 4 is 38.2 Å². The molecule has 124 valence electrons. The van der Waals surface area contributed by atoms with Crippen LogP contribution in [-0.4, -0.2) is 49.7 Å². The average molecular weight is 357 g/mol. The molecule has 0 spiro atoms. The molecule has 1 N–H and O–H groups in total. The number of nitrogens with zero attached hydrogens (tertiary/aromatic N) is 1. The SMILES string of the molecule is CO[C@@H]1CS(=O)(=O)C[C@H]1NC(=O)c1cc2ccc(Cl)cc2n1C. The number of halogens is 1. The summed E-state index contributed by atoms with van der Waals surface area (Å²) in [6, 6.07) is 6.60. The van der Waals surface area contributed by atoms with Crippen LogP contribution in [0.5, 0.6) is 0 Å². The molecule has 2 atom stereocenters. The minimum Gasteiger partial charge on any atom is -0.378 e. The van der Waals surface area contributed by atoms with Gasteiger partial charge in [0.25, 0.3) is 5.91 Å². The third-order valence-corrected chi connectivity index (χ3v) is 6.10. The van der Waals surface area contributed by atoms with Crippen molar-refractivity contribution in [2.75, 3.05) is 18.6 Å². The van der Waals surface area contributed by atoms with Crippen molar-refractivity contribution in [1.29, 1.82) is 0 Å². The number of hydrogen-bond donors (Lipinski definition) is 1. The zero-order valence-corrected chi connectivity index (χ0v) is 14.3. The molecule has 0 saturated carbocycles. The Morgan fingerprint density at radius 3 is 2.78 bits per heavy atom. The molecular weight excluding hydrogens is 340 g/mol. The number of aromatic nitrogens is 1. The van der Waals surface area contributed by atoms with Crippen molar-refractivity contribution < 1.29 is 17.9 Å². The van der Waals surface area contributed by atoms with Gasteiger partial charge in [0, 0.05) is 30.1 Å². The van der Waals surface area contributed by atoms with Crippen LogP contribution >= 0.6 is 11.6 Å². The van der Waals surface area contributed by atoms with Crippen molar-refractivity contribution in [2.24, 2.45) is 7.05 Å². The number of sulfone groups is 1. The summed E-state index contributed by atoms with van der Waals surface area (Å²) in [6.07, 6.45) is -0.520. The van der Waals surface area contributed by atoms with Gasteiger partial charge < -0.3 is 14.6 Å². The van der Waals surface area contributed by atoms with Gasteiger partial charge in [-0.2, -0.15) is 0 Å². The summed E-state index contributed by atoms with van der Waals surface area (Å²) in [6.45, 7) is 0. The summed E-state index contributed by atoms with van der Waals surface area (Å²) >= 11 is 5.99. The predicted octanol–water partition coefficient (Wildman–Crippen LogP) is 1.37. The van der Waals surface area contributed by atoms with Crippen LogP contribution in [-0.2, 0) is 21.6 Å². The van der Waals surface area contributed by atoms with E-state index in [1.165, 1.54) is 7.11 Å². The number of rotatable bonds is 3. The maximum absolute atomic E-state index is 12.5. The fraction of sp³-hybridized carbons (Fsp3) is 0.400. The van der Waals surface area contributed by atoms with Gasteiger partial charge in [-0.15, -0.1) is 0 Å². The van der Waals surface area contributed by atoms with Crippen LogP contribution < -0.4 is 5.32 Å². The first kappa shape index (κ1) is 16.3. The maximum Gasteiger partial charge on any atom is 0.268 e. The zero-order chi connectivity index (χ0) is 16.8. The molecule has 1 aliphatic heterocycles. The van der Waals surface area contributed by atoms with Gasteiger partial charge in [0.05, 0.1) is 23.7 Å². The smallest absolute Gasteiger partial charge is 0.268 e. The lowest BCUT2D eigenvalue weighted by Crippen LogP contribution is -2.43. The number of carbonyl (C=O) groups is 1. The second-order valence-electron chi connectivity index (χ2n) is 5.72. The largest absolute Gasteiger partial charge is 0.378 e. The molecule has 0 bridgehead atoms. The van der Waals surface area contributed by atoms with Gasteiger partial charge in [-0.05, 0) is 18.2 Å². The molecule has 1 aliphatic rings. The van der Waals surface area contributed by atoms with Crippen LogP contribution in [0.25, 0.3) is 10.9 Å². The first-order chi connectivity index (χ1) is 10.8. The van der Waals surface area contributed by atoms with Gasteiger partial charge >= 0.3 is 0 Å². The molecule has 1 fully saturated rings. The van der Waals surface area contributed by atoms with Gasteiger partial charge in [-0.3, -0.25) is 4.79 Å². The monoisotopic (exact) mass is 356 g/mol. The third kappa shape index (κ3) is 3.08. The van der Waals surface area contributed by atoms with E-state index in [0.717, 1.165) is 10.9 Å². The molecule has 1 aromatic heterocycles. The van der Waals surface area contributed by atoms with Crippen LogP contribution in [0.2, 0.25) is 5.02 Å². The number of methoxy groups -OCH3 is 1. The fourth-order valence-electron chi connectivity index (χ4n) is 2.95. The first-order valence-electron chi connectivity index (χ1n) is 7.10. The fourth-order valence-corrected chi connectivity index (χ4v) is 4.96. The molecule has 1 aromatic carbocycles. The summed E-state index contributed by atoms with van der Waals surface area (Å²) < 4.78 is 30.4. The number of fused-ring (bicyclic) bond motifs is 1. The Morgan fingerprint density at radius 2 is 2.09 bits per heavy atom. The highest BCUT2D eigenvalue weighted by atomic mass is 35.5. The molecule has 2 aromatic rings. The van der Waals surface area contributed by atoms with E-state index in [4.69, 9.17) is 16.3 Å². The van der Waals surface area contributed by atoms with E-state index in [1.807, 2.05) is 6.07 Å². The van der Waals surface area contributed by atoms with E-state index >= 15 is 0 Å². The Labute approximate surface area is 139 Å². The van der Waals surface area contributed by atoms with Crippen molar-refractivity contribution in [3.05, 3.63) is 35.0 Å².